The summed E-state index contributed by atoms with van der Waals surface area (Å²) in [5.74, 6) is 0.0865. The van der Waals surface area contributed by atoms with E-state index in [0.717, 1.165) is 6.42 Å². The van der Waals surface area contributed by atoms with E-state index in [0.29, 0.717) is 13.0 Å². The van der Waals surface area contributed by atoms with Gasteiger partial charge in [0.2, 0.25) is 5.91 Å². The number of hydrogen-bond donors (Lipinski definition) is 2. The summed E-state index contributed by atoms with van der Waals surface area (Å²) in [5.41, 5.74) is 5.23. The number of carbonyl (C=O) groups excluding carboxylic acids is 1. The van der Waals surface area contributed by atoms with Gasteiger partial charge in [0.05, 0.1) is 0 Å². The topological polar surface area (TPSA) is 55.1 Å². The van der Waals surface area contributed by atoms with Crippen LogP contribution in [0.3, 0.4) is 0 Å². The molecule has 3 N–H and O–H groups in total. The first-order chi connectivity index (χ1) is 5.02. The smallest absolute Gasteiger partial charge is 0.220 e. The summed E-state index contributed by atoms with van der Waals surface area (Å²) in [6.45, 7) is 6.41. The minimum Gasteiger partial charge on any atom is -0.351 e. The van der Waals surface area contributed by atoms with Gasteiger partial charge in [-0.15, -0.1) is 0 Å². The lowest BCUT2D eigenvalue weighted by atomic mass is 10.0. The van der Waals surface area contributed by atoms with Gasteiger partial charge in [-0.1, -0.05) is 6.92 Å². The van der Waals surface area contributed by atoms with Gasteiger partial charge in [-0.3, -0.25) is 4.79 Å². The predicted molar refractivity (Wildman–Crippen MR) is 46.2 cm³/mol. The fraction of sp³-hybridized carbons (Fsp3) is 0.875. The van der Waals surface area contributed by atoms with Gasteiger partial charge in [-0.05, 0) is 26.8 Å². The highest BCUT2D eigenvalue weighted by atomic mass is 16.1. The third kappa shape index (κ3) is 4.79. The van der Waals surface area contributed by atoms with Crippen molar-refractivity contribution >= 4 is 5.91 Å². The second kappa shape index (κ2) is 4.34. The summed E-state index contributed by atoms with van der Waals surface area (Å²) in [4.78, 5) is 11.0. The SMILES string of the molecule is CCC(=O)NC(C)(C)CCN. The first kappa shape index (κ1) is 10.4. The Balaban J connectivity index is 3.80. The van der Waals surface area contributed by atoms with Crippen LogP contribution in [0.1, 0.15) is 33.6 Å². The lowest BCUT2D eigenvalue weighted by Gasteiger charge is -2.25. The molecule has 0 rings (SSSR count). The monoisotopic (exact) mass is 158 g/mol. The number of hydrogen-bond acceptors (Lipinski definition) is 2. The number of rotatable bonds is 4. The van der Waals surface area contributed by atoms with E-state index in [1.807, 2.05) is 20.8 Å². The summed E-state index contributed by atoms with van der Waals surface area (Å²) in [6, 6.07) is 0. The van der Waals surface area contributed by atoms with Gasteiger partial charge < -0.3 is 11.1 Å². The van der Waals surface area contributed by atoms with Crippen molar-refractivity contribution < 1.29 is 4.79 Å². The van der Waals surface area contributed by atoms with Crippen LogP contribution in [0.15, 0.2) is 0 Å². The molecule has 0 aliphatic carbocycles. The predicted octanol–water partition coefficient (Wildman–Crippen LogP) is 0.640. The van der Waals surface area contributed by atoms with E-state index in [4.69, 9.17) is 5.73 Å². The van der Waals surface area contributed by atoms with Crippen LogP contribution in [0.5, 0.6) is 0 Å². The lowest BCUT2D eigenvalue weighted by molar-refractivity contribution is -0.122. The van der Waals surface area contributed by atoms with Crippen LogP contribution in [0.2, 0.25) is 0 Å². The minimum absolute atomic E-state index is 0.0865. The molecule has 0 aliphatic rings. The molecule has 3 heteroatoms. The average molecular weight is 158 g/mol. The largest absolute Gasteiger partial charge is 0.351 e. The second-order valence-corrected chi connectivity index (χ2v) is 3.32. The second-order valence-electron chi connectivity index (χ2n) is 3.32. The fourth-order valence-electron chi connectivity index (χ4n) is 0.889. The van der Waals surface area contributed by atoms with Gasteiger partial charge >= 0.3 is 0 Å². The molecule has 0 bridgehead atoms. The van der Waals surface area contributed by atoms with Crippen LogP contribution >= 0.6 is 0 Å². The molecule has 0 saturated heterocycles. The maximum atomic E-state index is 11.0. The molecule has 0 aromatic heterocycles. The maximum absolute atomic E-state index is 11.0. The molecule has 0 aromatic rings. The van der Waals surface area contributed by atoms with Crippen molar-refractivity contribution in [3.63, 3.8) is 0 Å². The van der Waals surface area contributed by atoms with Gasteiger partial charge in [0.15, 0.2) is 0 Å². The molecule has 0 radical (unpaired) electrons. The first-order valence-corrected chi connectivity index (χ1v) is 4.03. The summed E-state index contributed by atoms with van der Waals surface area (Å²) in [5, 5.41) is 2.89. The highest BCUT2D eigenvalue weighted by Gasteiger charge is 2.17. The first-order valence-electron chi connectivity index (χ1n) is 4.03. The van der Waals surface area contributed by atoms with E-state index in [-0.39, 0.29) is 11.4 Å². The minimum atomic E-state index is -0.151. The maximum Gasteiger partial charge on any atom is 0.220 e. The summed E-state index contributed by atoms with van der Waals surface area (Å²) >= 11 is 0. The van der Waals surface area contributed by atoms with Crippen LogP contribution in [-0.4, -0.2) is 18.0 Å². The molecule has 1 amide bonds. The molecule has 3 nitrogen and oxygen atoms in total. The summed E-state index contributed by atoms with van der Waals surface area (Å²) in [6.07, 6.45) is 1.35. The van der Waals surface area contributed by atoms with Crippen molar-refractivity contribution in [1.29, 1.82) is 0 Å². The summed E-state index contributed by atoms with van der Waals surface area (Å²) in [7, 11) is 0. The van der Waals surface area contributed by atoms with E-state index in [1.54, 1.807) is 0 Å². The van der Waals surface area contributed by atoms with Gasteiger partial charge in [0.25, 0.3) is 0 Å². The zero-order chi connectivity index (χ0) is 8.91. The van der Waals surface area contributed by atoms with E-state index in [9.17, 15) is 4.79 Å². The average Bonchev–Trinajstić information content (AvgIpc) is 1.86. The van der Waals surface area contributed by atoms with Crippen molar-refractivity contribution in [3.05, 3.63) is 0 Å². The van der Waals surface area contributed by atoms with E-state index < -0.39 is 0 Å². The molecule has 66 valence electrons. The van der Waals surface area contributed by atoms with E-state index in [2.05, 4.69) is 5.32 Å². The molecule has 0 heterocycles. The van der Waals surface area contributed by atoms with Gasteiger partial charge in [-0.2, -0.15) is 0 Å². The molecular formula is C8H18N2O. The van der Waals surface area contributed by atoms with Crippen molar-refractivity contribution in [1.82, 2.24) is 5.32 Å². The van der Waals surface area contributed by atoms with E-state index in [1.165, 1.54) is 0 Å². The number of nitrogens with two attached hydrogens (primary N) is 1. The molecule has 0 saturated carbocycles. The standard InChI is InChI=1S/C8H18N2O/c1-4-7(11)10-8(2,3)5-6-9/h4-6,9H2,1-3H3,(H,10,11). The Morgan fingerprint density at radius 2 is 2.09 bits per heavy atom. The van der Waals surface area contributed by atoms with Crippen molar-refractivity contribution in [3.8, 4) is 0 Å². The van der Waals surface area contributed by atoms with Crippen LogP contribution in [0.4, 0.5) is 0 Å². The molecule has 0 fully saturated rings. The van der Waals surface area contributed by atoms with Crippen LogP contribution < -0.4 is 11.1 Å². The third-order valence-corrected chi connectivity index (χ3v) is 1.57. The zero-order valence-electron chi connectivity index (χ0n) is 7.61. The van der Waals surface area contributed by atoms with Crippen LogP contribution in [-0.2, 0) is 4.79 Å². The van der Waals surface area contributed by atoms with Crippen molar-refractivity contribution in [2.24, 2.45) is 5.73 Å². The van der Waals surface area contributed by atoms with Crippen LogP contribution in [0, 0.1) is 0 Å². The van der Waals surface area contributed by atoms with Crippen molar-refractivity contribution in [2.45, 2.75) is 39.2 Å². The Hall–Kier alpha value is -0.570. The van der Waals surface area contributed by atoms with Gasteiger partial charge in [0, 0.05) is 12.0 Å². The fourth-order valence-corrected chi connectivity index (χ4v) is 0.889. The number of amides is 1. The molecule has 0 aromatic carbocycles. The Bertz CT molecular complexity index is 132. The zero-order valence-corrected chi connectivity index (χ0v) is 7.61. The Labute approximate surface area is 68.3 Å². The molecule has 0 atom stereocenters. The number of nitrogens with one attached hydrogen (secondary N) is 1. The molecule has 11 heavy (non-hydrogen) atoms. The third-order valence-electron chi connectivity index (χ3n) is 1.57. The molecule has 0 unspecified atom stereocenters. The molecule has 0 spiro atoms. The highest BCUT2D eigenvalue weighted by molar-refractivity contribution is 5.76. The molecule has 0 aliphatic heterocycles. The van der Waals surface area contributed by atoms with Crippen LogP contribution in [0.25, 0.3) is 0 Å². The van der Waals surface area contributed by atoms with Crippen molar-refractivity contribution in [2.75, 3.05) is 6.54 Å². The van der Waals surface area contributed by atoms with Gasteiger partial charge in [-0.25, -0.2) is 0 Å². The molecular weight excluding hydrogens is 140 g/mol. The Morgan fingerprint density at radius 1 is 1.55 bits per heavy atom. The Morgan fingerprint density at radius 3 is 2.45 bits per heavy atom. The number of carbonyl (C=O) groups is 1. The van der Waals surface area contributed by atoms with E-state index >= 15 is 0 Å². The lowest BCUT2D eigenvalue weighted by Crippen LogP contribution is -2.44. The summed E-state index contributed by atoms with van der Waals surface area (Å²) < 4.78 is 0. The normalized spacial score (nSPS) is 11.3. The van der Waals surface area contributed by atoms with Gasteiger partial charge in [0.1, 0.15) is 0 Å². The highest BCUT2D eigenvalue weighted by Crippen LogP contribution is 2.06. The quantitative estimate of drug-likeness (QED) is 0.631. The Kier molecular flexibility index (Phi) is 4.11.